The van der Waals surface area contributed by atoms with Gasteiger partial charge in [0.05, 0.1) is 13.1 Å². The van der Waals surface area contributed by atoms with E-state index in [1.807, 2.05) is 0 Å². The van der Waals surface area contributed by atoms with E-state index in [0.29, 0.717) is 5.69 Å². The van der Waals surface area contributed by atoms with Gasteiger partial charge < -0.3 is 5.11 Å². The predicted octanol–water partition coefficient (Wildman–Crippen LogP) is 1.65. The maximum absolute atomic E-state index is 10.1. The largest absolute Gasteiger partial charge is 0.389 e. The molecule has 0 bridgehead atoms. The molecule has 1 atom stereocenters. The van der Waals surface area contributed by atoms with Crippen LogP contribution >= 0.6 is 0 Å². The van der Waals surface area contributed by atoms with Crippen molar-refractivity contribution in [2.45, 2.75) is 19.9 Å². The highest BCUT2D eigenvalue weighted by Gasteiger charge is 2.09. The van der Waals surface area contributed by atoms with Crippen LogP contribution in [0.2, 0.25) is 0 Å². The molecule has 0 spiro atoms. The topological polar surface area (TPSA) is 72.2 Å². The fourth-order valence-electron chi connectivity index (χ4n) is 1.45. The normalized spacial score (nSPS) is 16.8. The second kappa shape index (κ2) is 6.49. The van der Waals surface area contributed by atoms with Crippen LogP contribution in [-0.2, 0) is 9.59 Å². The highest BCUT2D eigenvalue weighted by Crippen LogP contribution is 2.22. The third-order valence-electron chi connectivity index (χ3n) is 2.16. The third-order valence-corrected chi connectivity index (χ3v) is 2.16. The third kappa shape index (κ3) is 3.38. The summed E-state index contributed by atoms with van der Waals surface area (Å²) in [5, 5.41) is 14.1. The van der Waals surface area contributed by atoms with E-state index in [4.69, 9.17) is 15.1 Å². The van der Waals surface area contributed by atoms with Crippen molar-refractivity contribution >= 4 is 6.15 Å². The highest BCUT2D eigenvalue weighted by atomic mass is 16.3. The molecule has 0 aliphatic carbocycles. The molecule has 94 valence electrons. The summed E-state index contributed by atoms with van der Waals surface area (Å²) in [7, 11) is 0. The van der Waals surface area contributed by atoms with Gasteiger partial charge in [0.1, 0.15) is 0 Å². The van der Waals surface area contributed by atoms with Gasteiger partial charge in [0, 0.05) is 22.1 Å². The van der Waals surface area contributed by atoms with Gasteiger partial charge in [-0.3, -0.25) is 0 Å². The number of benzene rings is 1. The van der Waals surface area contributed by atoms with E-state index in [0.717, 1.165) is 5.56 Å². The zero-order valence-corrected chi connectivity index (χ0v) is 9.62. The highest BCUT2D eigenvalue weighted by molar-refractivity contribution is 5.43. The zero-order valence-electron chi connectivity index (χ0n) is 13.6. The van der Waals surface area contributed by atoms with Crippen LogP contribution in [0.4, 0.5) is 0 Å². The van der Waals surface area contributed by atoms with Crippen LogP contribution < -0.4 is 0 Å². The standard InChI is InChI=1S/C12H14N2O.CO2/c1-9-4-5-12(11(8-9)10(2)15)14-7-3-6-13-14;2-1-3/h3-8,10,15H,1-2H3;/i2D3,10D;. The molecular formula is C13H14N2O3. The van der Waals surface area contributed by atoms with E-state index in [1.165, 1.54) is 10.7 Å². The summed E-state index contributed by atoms with van der Waals surface area (Å²) >= 11 is 0. The first-order valence-corrected chi connectivity index (χ1v) is 4.98. The Kier molecular flexibility index (Phi) is 3.17. The van der Waals surface area contributed by atoms with E-state index in [1.54, 1.807) is 37.5 Å². The number of aryl methyl sites for hydroxylation is 1. The van der Waals surface area contributed by atoms with Gasteiger partial charge in [-0.2, -0.15) is 14.7 Å². The fraction of sp³-hybridized carbons (Fsp3) is 0.231. The van der Waals surface area contributed by atoms with Gasteiger partial charge in [-0.25, -0.2) is 4.68 Å². The molecule has 0 fully saturated rings. The molecular weight excluding hydrogens is 232 g/mol. The lowest BCUT2D eigenvalue weighted by atomic mass is 10.1. The van der Waals surface area contributed by atoms with Gasteiger partial charge in [-0.05, 0) is 25.9 Å². The minimum atomic E-state index is -2.84. The Balaban J connectivity index is 0.000000745. The van der Waals surface area contributed by atoms with E-state index >= 15 is 0 Å². The van der Waals surface area contributed by atoms with Gasteiger partial charge in [0.25, 0.3) is 0 Å². The Labute approximate surface area is 110 Å². The lowest BCUT2D eigenvalue weighted by Crippen LogP contribution is -2.03. The van der Waals surface area contributed by atoms with E-state index < -0.39 is 12.9 Å². The maximum atomic E-state index is 10.1. The van der Waals surface area contributed by atoms with Crippen molar-refractivity contribution in [3.63, 3.8) is 0 Å². The summed E-state index contributed by atoms with van der Waals surface area (Å²) in [6, 6.07) is 6.59. The average molecular weight is 250 g/mol. The number of carbonyl (C=O) groups excluding carboxylic acids is 2. The predicted molar refractivity (Wildman–Crippen MR) is 63.9 cm³/mol. The van der Waals surface area contributed by atoms with Gasteiger partial charge in [0.2, 0.25) is 0 Å². The molecule has 0 aliphatic heterocycles. The molecule has 0 aliphatic rings. The van der Waals surface area contributed by atoms with Crippen LogP contribution in [0, 0.1) is 6.92 Å². The molecule has 1 aromatic carbocycles. The summed E-state index contributed by atoms with van der Waals surface area (Å²) in [4.78, 5) is 16.2. The quantitative estimate of drug-likeness (QED) is 0.879. The first kappa shape index (κ1) is 8.80. The molecule has 1 N–H and O–H groups in total. The van der Waals surface area contributed by atoms with Crippen LogP contribution in [0.15, 0.2) is 36.7 Å². The van der Waals surface area contributed by atoms with Crippen molar-refractivity contribution in [2.24, 2.45) is 0 Å². The summed E-state index contributed by atoms with van der Waals surface area (Å²) in [6.07, 6.45) is 0.742. The van der Waals surface area contributed by atoms with Crippen molar-refractivity contribution in [2.75, 3.05) is 0 Å². The van der Waals surface area contributed by atoms with E-state index in [2.05, 4.69) is 5.10 Å². The molecule has 2 aromatic rings. The number of aromatic nitrogens is 2. The van der Waals surface area contributed by atoms with Crippen molar-refractivity contribution in [1.29, 1.82) is 0 Å². The second-order valence-electron chi connectivity index (χ2n) is 3.40. The number of hydrogen-bond donors (Lipinski definition) is 1. The lowest BCUT2D eigenvalue weighted by molar-refractivity contribution is -0.191. The number of nitrogens with zero attached hydrogens (tertiary/aromatic N) is 2. The molecule has 18 heavy (non-hydrogen) atoms. The van der Waals surface area contributed by atoms with Crippen molar-refractivity contribution in [3.8, 4) is 5.69 Å². The maximum Gasteiger partial charge on any atom is 0.373 e. The minimum absolute atomic E-state index is 0.0104. The Morgan fingerprint density at radius 2 is 2.28 bits per heavy atom. The first-order chi connectivity index (χ1) is 10.1. The number of aliphatic hydroxyl groups is 1. The Hall–Kier alpha value is -2.23. The van der Waals surface area contributed by atoms with Crippen molar-refractivity contribution < 1.29 is 20.2 Å². The molecule has 0 radical (unpaired) electrons. The van der Waals surface area contributed by atoms with Crippen LogP contribution in [0.1, 0.15) is 29.5 Å². The van der Waals surface area contributed by atoms with Gasteiger partial charge >= 0.3 is 6.15 Å². The molecule has 1 heterocycles. The molecule has 0 amide bonds. The van der Waals surface area contributed by atoms with Crippen LogP contribution in [0.25, 0.3) is 5.69 Å². The van der Waals surface area contributed by atoms with E-state index in [9.17, 15) is 5.11 Å². The summed E-state index contributed by atoms with van der Waals surface area (Å²) < 4.78 is 31.2. The number of hydrogen-bond acceptors (Lipinski definition) is 4. The number of rotatable bonds is 2. The van der Waals surface area contributed by atoms with Gasteiger partial charge in [0.15, 0.2) is 0 Å². The Bertz CT molecular complexity index is 660. The monoisotopic (exact) mass is 250 g/mol. The first-order valence-electron chi connectivity index (χ1n) is 6.98. The molecule has 5 heteroatoms. The Morgan fingerprint density at radius 3 is 2.83 bits per heavy atom. The molecule has 5 nitrogen and oxygen atoms in total. The van der Waals surface area contributed by atoms with Crippen LogP contribution in [0.3, 0.4) is 0 Å². The zero-order chi connectivity index (χ0) is 17.0. The second-order valence-corrected chi connectivity index (χ2v) is 3.40. The van der Waals surface area contributed by atoms with E-state index in [-0.39, 0.29) is 11.7 Å². The summed E-state index contributed by atoms with van der Waals surface area (Å²) in [6.45, 7) is -1.07. The van der Waals surface area contributed by atoms with Crippen LogP contribution in [0.5, 0.6) is 0 Å². The minimum Gasteiger partial charge on any atom is -0.389 e. The van der Waals surface area contributed by atoms with Crippen molar-refractivity contribution in [1.82, 2.24) is 9.78 Å². The van der Waals surface area contributed by atoms with Gasteiger partial charge in [-0.15, -0.1) is 0 Å². The average Bonchev–Trinajstić information content (AvgIpc) is 2.92. The molecule has 0 saturated heterocycles. The van der Waals surface area contributed by atoms with Crippen LogP contribution in [-0.4, -0.2) is 21.0 Å². The molecule has 1 aromatic heterocycles. The SMILES string of the molecule is O=C=O.[2H]C([2H])([2H])C([2H])(O)c1cc(C)ccc1-n1cccn1. The summed E-state index contributed by atoms with van der Waals surface area (Å²) in [5.74, 6) is 0. The lowest BCUT2D eigenvalue weighted by Gasteiger charge is -2.12. The molecule has 0 saturated carbocycles. The summed E-state index contributed by atoms with van der Waals surface area (Å²) in [5.41, 5.74) is 1.15. The smallest absolute Gasteiger partial charge is 0.373 e. The molecule has 2 rings (SSSR count). The molecule has 1 unspecified atom stereocenters. The van der Waals surface area contributed by atoms with Crippen molar-refractivity contribution in [3.05, 3.63) is 47.8 Å². The fourth-order valence-corrected chi connectivity index (χ4v) is 1.45. The van der Waals surface area contributed by atoms with Gasteiger partial charge in [-0.1, -0.05) is 17.7 Å². The Morgan fingerprint density at radius 1 is 1.56 bits per heavy atom.